The predicted molar refractivity (Wildman–Crippen MR) is 100 cm³/mol. The van der Waals surface area contributed by atoms with Crippen molar-refractivity contribution in [2.45, 2.75) is 39.7 Å². The summed E-state index contributed by atoms with van der Waals surface area (Å²) in [5, 5.41) is 17.0. The topological polar surface area (TPSA) is 65.9 Å². The normalized spacial score (nSPS) is 14.5. The van der Waals surface area contributed by atoms with Crippen molar-refractivity contribution in [3.8, 4) is 0 Å². The molecule has 0 saturated carbocycles. The Bertz CT molecular complexity index is 473. The Balaban J connectivity index is 2.44. The molecular formula is C19H33N3O2. The molecule has 0 spiro atoms. The van der Waals surface area contributed by atoms with Crippen LogP contribution in [0, 0.1) is 5.92 Å². The number of nitrogens with zero attached hydrogens (tertiary/aromatic N) is 1. The van der Waals surface area contributed by atoms with Crippen LogP contribution in [-0.2, 0) is 10.3 Å². The van der Waals surface area contributed by atoms with Crippen LogP contribution in [0.4, 0.5) is 0 Å². The molecule has 0 aliphatic carbocycles. The van der Waals surface area contributed by atoms with E-state index in [4.69, 9.17) is 4.74 Å². The van der Waals surface area contributed by atoms with Gasteiger partial charge < -0.3 is 20.5 Å². The first kappa shape index (κ1) is 20.5. The van der Waals surface area contributed by atoms with Gasteiger partial charge in [-0.05, 0) is 31.7 Å². The number of nitrogens with one attached hydrogen (secondary N) is 2. The Morgan fingerprint density at radius 1 is 1.21 bits per heavy atom. The fourth-order valence-electron chi connectivity index (χ4n) is 2.13. The van der Waals surface area contributed by atoms with E-state index in [1.165, 1.54) is 0 Å². The number of benzene rings is 1. The van der Waals surface area contributed by atoms with Crippen LogP contribution >= 0.6 is 0 Å². The first-order valence-electron chi connectivity index (χ1n) is 8.83. The fraction of sp³-hybridized carbons (Fsp3) is 0.632. The summed E-state index contributed by atoms with van der Waals surface area (Å²) in [4.78, 5) is 4.50. The molecule has 1 aromatic carbocycles. The molecule has 5 nitrogen and oxygen atoms in total. The number of rotatable bonds is 10. The molecule has 0 radical (unpaired) electrons. The van der Waals surface area contributed by atoms with Gasteiger partial charge in [-0.25, -0.2) is 4.99 Å². The second-order valence-corrected chi connectivity index (χ2v) is 6.56. The van der Waals surface area contributed by atoms with Gasteiger partial charge in [0.1, 0.15) is 5.60 Å². The maximum Gasteiger partial charge on any atom is 0.191 e. The molecule has 0 aliphatic rings. The SMILES string of the molecule is CCNC(=NCC(C)(O)c1ccccc1)NCCOCCC(C)C. The summed E-state index contributed by atoms with van der Waals surface area (Å²) < 4.78 is 5.59. The third-order valence-corrected chi connectivity index (χ3v) is 3.66. The third kappa shape index (κ3) is 8.31. The number of hydrogen-bond donors (Lipinski definition) is 3. The number of aliphatic hydroxyl groups is 1. The lowest BCUT2D eigenvalue weighted by Crippen LogP contribution is -2.40. The van der Waals surface area contributed by atoms with Gasteiger partial charge in [0.25, 0.3) is 0 Å². The van der Waals surface area contributed by atoms with Gasteiger partial charge in [0, 0.05) is 19.7 Å². The first-order chi connectivity index (χ1) is 11.5. The summed E-state index contributed by atoms with van der Waals surface area (Å²) in [5.41, 5.74) is -0.126. The van der Waals surface area contributed by atoms with E-state index in [0.717, 1.165) is 25.1 Å². The van der Waals surface area contributed by atoms with E-state index in [2.05, 4.69) is 29.5 Å². The predicted octanol–water partition coefficient (Wildman–Crippen LogP) is 2.51. The van der Waals surface area contributed by atoms with Crippen molar-refractivity contribution in [2.75, 3.05) is 32.8 Å². The molecule has 1 aromatic rings. The van der Waals surface area contributed by atoms with Crippen LogP contribution in [0.25, 0.3) is 0 Å². The van der Waals surface area contributed by atoms with E-state index in [-0.39, 0.29) is 0 Å². The highest BCUT2D eigenvalue weighted by Gasteiger charge is 2.22. The van der Waals surface area contributed by atoms with Gasteiger partial charge in [-0.2, -0.15) is 0 Å². The Morgan fingerprint density at radius 3 is 2.54 bits per heavy atom. The minimum absolute atomic E-state index is 0.292. The summed E-state index contributed by atoms with van der Waals surface area (Å²) >= 11 is 0. The number of hydrogen-bond acceptors (Lipinski definition) is 3. The summed E-state index contributed by atoms with van der Waals surface area (Å²) in [5.74, 6) is 1.36. The van der Waals surface area contributed by atoms with E-state index in [1.54, 1.807) is 6.92 Å². The minimum Gasteiger partial charge on any atom is -0.384 e. The Morgan fingerprint density at radius 2 is 1.92 bits per heavy atom. The van der Waals surface area contributed by atoms with Crippen molar-refractivity contribution < 1.29 is 9.84 Å². The molecule has 24 heavy (non-hydrogen) atoms. The van der Waals surface area contributed by atoms with Crippen LogP contribution in [0.2, 0.25) is 0 Å². The quantitative estimate of drug-likeness (QED) is 0.349. The van der Waals surface area contributed by atoms with Gasteiger partial charge in [0.05, 0.1) is 13.2 Å². The molecule has 136 valence electrons. The van der Waals surface area contributed by atoms with E-state index < -0.39 is 5.60 Å². The molecule has 0 aromatic heterocycles. The molecule has 3 N–H and O–H groups in total. The molecule has 1 unspecified atom stereocenters. The number of guanidine groups is 1. The lowest BCUT2D eigenvalue weighted by atomic mass is 9.96. The zero-order chi connectivity index (χ0) is 17.8. The molecule has 0 fully saturated rings. The Hall–Kier alpha value is -1.59. The summed E-state index contributed by atoms with van der Waals surface area (Å²) in [7, 11) is 0. The third-order valence-electron chi connectivity index (χ3n) is 3.66. The molecular weight excluding hydrogens is 302 g/mol. The highest BCUT2D eigenvalue weighted by molar-refractivity contribution is 5.79. The standard InChI is InChI=1S/C19H33N3O2/c1-5-20-18(21-12-14-24-13-11-16(2)3)22-15-19(4,23)17-9-7-6-8-10-17/h6-10,16,23H,5,11-15H2,1-4H3,(H2,20,21,22). The van der Waals surface area contributed by atoms with Crippen LogP contribution in [0.3, 0.4) is 0 Å². The van der Waals surface area contributed by atoms with Crippen LogP contribution in [0.15, 0.2) is 35.3 Å². The van der Waals surface area contributed by atoms with Gasteiger partial charge in [-0.1, -0.05) is 44.2 Å². The molecule has 5 heteroatoms. The van der Waals surface area contributed by atoms with Crippen LogP contribution < -0.4 is 10.6 Å². The molecule has 1 rings (SSSR count). The monoisotopic (exact) mass is 335 g/mol. The molecule has 0 heterocycles. The highest BCUT2D eigenvalue weighted by atomic mass is 16.5. The van der Waals surface area contributed by atoms with Crippen LogP contribution in [-0.4, -0.2) is 43.9 Å². The summed E-state index contributed by atoms with van der Waals surface area (Å²) in [6, 6.07) is 9.61. The number of ether oxygens (including phenoxy) is 1. The van der Waals surface area contributed by atoms with E-state index >= 15 is 0 Å². The Labute approximate surface area is 146 Å². The van der Waals surface area contributed by atoms with Crippen molar-refractivity contribution in [3.63, 3.8) is 0 Å². The second-order valence-electron chi connectivity index (χ2n) is 6.56. The molecule has 0 aliphatic heterocycles. The molecule has 0 saturated heterocycles. The van der Waals surface area contributed by atoms with Gasteiger partial charge in [0.15, 0.2) is 5.96 Å². The largest absolute Gasteiger partial charge is 0.384 e. The zero-order valence-corrected chi connectivity index (χ0v) is 15.5. The van der Waals surface area contributed by atoms with Crippen molar-refractivity contribution in [1.82, 2.24) is 10.6 Å². The molecule has 0 bridgehead atoms. The molecule has 1 atom stereocenters. The first-order valence-corrected chi connectivity index (χ1v) is 8.83. The van der Waals surface area contributed by atoms with Crippen molar-refractivity contribution >= 4 is 5.96 Å². The second kappa shape index (κ2) is 11.0. The van der Waals surface area contributed by atoms with Gasteiger partial charge in [-0.3, -0.25) is 0 Å². The average molecular weight is 335 g/mol. The zero-order valence-electron chi connectivity index (χ0n) is 15.5. The average Bonchev–Trinajstić information content (AvgIpc) is 2.56. The van der Waals surface area contributed by atoms with Gasteiger partial charge in [-0.15, -0.1) is 0 Å². The van der Waals surface area contributed by atoms with Crippen LogP contribution in [0.5, 0.6) is 0 Å². The van der Waals surface area contributed by atoms with Gasteiger partial charge >= 0.3 is 0 Å². The van der Waals surface area contributed by atoms with E-state index in [0.29, 0.717) is 31.6 Å². The fourth-order valence-corrected chi connectivity index (χ4v) is 2.13. The summed E-state index contributed by atoms with van der Waals surface area (Å²) in [6.07, 6.45) is 1.08. The Kier molecular flexibility index (Phi) is 9.42. The lowest BCUT2D eigenvalue weighted by Gasteiger charge is -2.22. The van der Waals surface area contributed by atoms with Crippen molar-refractivity contribution in [3.05, 3.63) is 35.9 Å². The van der Waals surface area contributed by atoms with Gasteiger partial charge in [0.2, 0.25) is 0 Å². The van der Waals surface area contributed by atoms with Crippen molar-refractivity contribution in [2.24, 2.45) is 10.9 Å². The maximum absolute atomic E-state index is 10.6. The summed E-state index contributed by atoms with van der Waals surface area (Å²) in [6.45, 7) is 11.4. The smallest absolute Gasteiger partial charge is 0.191 e. The molecule has 0 amide bonds. The highest BCUT2D eigenvalue weighted by Crippen LogP contribution is 2.20. The lowest BCUT2D eigenvalue weighted by molar-refractivity contribution is 0.0672. The number of aliphatic imine (C=N–C) groups is 1. The maximum atomic E-state index is 10.6. The van der Waals surface area contributed by atoms with Crippen LogP contribution in [0.1, 0.15) is 39.7 Å². The minimum atomic E-state index is -0.989. The van der Waals surface area contributed by atoms with E-state index in [9.17, 15) is 5.11 Å². The van der Waals surface area contributed by atoms with Crippen molar-refractivity contribution in [1.29, 1.82) is 0 Å². The van der Waals surface area contributed by atoms with E-state index in [1.807, 2.05) is 37.3 Å².